The first kappa shape index (κ1) is 10.4. The molecule has 1 aliphatic heterocycles. The van der Waals surface area contributed by atoms with Crippen LogP contribution in [0.15, 0.2) is 0 Å². The van der Waals surface area contributed by atoms with Gasteiger partial charge in [-0.2, -0.15) is 0 Å². The molecule has 1 rings (SSSR count). The normalized spacial score (nSPS) is 23.8. The highest BCUT2D eigenvalue weighted by molar-refractivity contribution is 7.95. The molecule has 0 aromatic heterocycles. The quantitative estimate of drug-likeness (QED) is 0.476. The Morgan fingerprint density at radius 3 is 2.75 bits per heavy atom. The standard InChI is InChI=1S/C10H21OS/c1-12(2)9-4-3-6-10-7-5-8-11-10/h10H,3-9H2,1-2H3/q+1. The van der Waals surface area contributed by atoms with Crippen LogP contribution in [-0.4, -0.2) is 31.0 Å². The summed E-state index contributed by atoms with van der Waals surface area (Å²) in [5, 5.41) is 0. The van der Waals surface area contributed by atoms with Crippen LogP contribution in [-0.2, 0) is 15.6 Å². The Morgan fingerprint density at radius 1 is 1.33 bits per heavy atom. The Morgan fingerprint density at radius 2 is 2.17 bits per heavy atom. The molecule has 1 heterocycles. The van der Waals surface area contributed by atoms with Gasteiger partial charge in [-0.1, -0.05) is 0 Å². The van der Waals surface area contributed by atoms with Crippen molar-refractivity contribution in [3.8, 4) is 0 Å². The summed E-state index contributed by atoms with van der Waals surface area (Å²) in [5.74, 6) is 1.41. The first-order chi connectivity index (χ1) is 5.79. The second-order valence-electron chi connectivity index (χ2n) is 3.82. The molecule has 1 nitrogen and oxygen atoms in total. The number of hydrogen-bond donors (Lipinski definition) is 0. The zero-order valence-corrected chi connectivity index (χ0v) is 9.16. The number of unbranched alkanes of at least 4 members (excludes halogenated alkanes) is 1. The fourth-order valence-corrected chi connectivity index (χ4v) is 2.42. The van der Waals surface area contributed by atoms with Crippen LogP contribution in [0, 0.1) is 0 Å². The molecule has 1 saturated heterocycles. The van der Waals surface area contributed by atoms with Crippen molar-refractivity contribution in [2.45, 2.75) is 38.2 Å². The minimum atomic E-state index is 0.612. The third-order valence-electron chi connectivity index (χ3n) is 2.35. The average molecular weight is 189 g/mol. The summed E-state index contributed by atoms with van der Waals surface area (Å²) < 4.78 is 5.56. The molecule has 0 aromatic carbocycles. The first-order valence-electron chi connectivity index (χ1n) is 4.95. The monoisotopic (exact) mass is 189 g/mol. The molecule has 1 aliphatic rings. The Balaban J connectivity index is 1.88. The molecule has 2 heteroatoms. The highest BCUT2D eigenvalue weighted by Gasteiger charge is 2.14. The lowest BCUT2D eigenvalue weighted by atomic mass is 10.1. The second-order valence-corrected chi connectivity index (χ2v) is 6.20. The van der Waals surface area contributed by atoms with E-state index in [9.17, 15) is 0 Å². The minimum absolute atomic E-state index is 0.612. The summed E-state index contributed by atoms with van der Waals surface area (Å²) in [6, 6.07) is 0. The van der Waals surface area contributed by atoms with Crippen LogP contribution in [0.4, 0.5) is 0 Å². The Bertz CT molecular complexity index is 108. The van der Waals surface area contributed by atoms with Crippen LogP contribution in [0.2, 0.25) is 0 Å². The SMILES string of the molecule is C[S+](C)CCCCC1CCCO1. The predicted octanol–water partition coefficient (Wildman–Crippen LogP) is 2.21. The molecule has 1 fully saturated rings. The van der Waals surface area contributed by atoms with Crippen LogP contribution in [0.5, 0.6) is 0 Å². The highest BCUT2D eigenvalue weighted by Crippen LogP contribution is 2.17. The lowest BCUT2D eigenvalue weighted by molar-refractivity contribution is 0.102. The maximum Gasteiger partial charge on any atom is 0.107 e. The van der Waals surface area contributed by atoms with E-state index >= 15 is 0 Å². The van der Waals surface area contributed by atoms with Gasteiger partial charge in [0.2, 0.25) is 0 Å². The molecule has 0 N–H and O–H groups in total. The van der Waals surface area contributed by atoms with Crippen molar-refractivity contribution >= 4 is 10.9 Å². The van der Waals surface area contributed by atoms with Gasteiger partial charge in [-0.05, 0) is 43.0 Å². The minimum Gasteiger partial charge on any atom is -0.378 e. The van der Waals surface area contributed by atoms with Crippen molar-refractivity contribution in [1.29, 1.82) is 0 Å². The second kappa shape index (κ2) is 5.87. The van der Waals surface area contributed by atoms with Crippen LogP contribution < -0.4 is 0 Å². The van der Waals surface area contributed by atoms with Crippen molar-refractivity contribution in [3.05, 3.63) is 0 Å². The Labute approximate surface area is 79.2 Å². The van der Waals surface area contributed by atoms with Gasteiger partial charge in [0, 0.05) is 6.61 Å². The van der Waals surface area contributed by atoms with Gasteiger partial charge in [-0.15, -0.1) is 0 Å². The van der Waals surface area contributed by atoms with Crippen molar-refractivity contribution < 1.29 is 4.74 Å². The molecular formula is C10H21OS+. The van der Waals surface area contributed by atoms with Crippen molar-refractivity contribution in [2.75, 3.05) is 24.9 Å². The zero-order chi connectivity index (χ0) is 8.81. The van der Waals surface area contributed by atoms with Crippen LogP contribution >= 0.6 is 0 Å². The third-order valence-corrected chi connectivity index (χ3v) is 3.46. The van der Waals surface area contributed by atoms with Gasteiger partial charge >= 0.3 is 0 Å². The van der Waals surface area contributed by atoms with Gasteiger partial charge in [-0.3, -0.25) is 0 Å². The van der Waals surface area contributed by atoms with E-state index in [4.69, 9.17) is 4.74 Å². The van der Waals surface area contributed by atoms with E-state index in [2.05, 4.69) is 12.5 Å². The molecular weight excluding hydrogens is 168 g/mol. The van der Waals surface area contributed by atoms with E-state index in [1.165, 1.54) is 37.9 Å². The van der Waals surface area contributed by atoms with Crippen LogP contribution in [0.3, 0.4) is 0 Å². The summed E-state index contributed by atoms with van der Waals surface area (Å²) in [6.07, 6.45) is 11.9. The maximum absolute atomic E-state index is 5.56. The summed E-state index contributed by atoms with van der Waals surface area (Å²) in [6.45, 7) is 1.01. The van der Waals surface area contributed by atoms with Gasteiger partial charge in [0.25, 0.3) is 0 Å². The third kappa shape index (κ3) is 4.36. The lowest BCUT2D eigenvalue weighted by Crippen LogP contribution is -2.06. The van der Waals surface area contributed by atoms with Gasteiger partial charge in [0.05, 0.1) is 18.6 Å². The number of rotatable bonds is 5. The fourth-order valence-electron chi connectivity index (χ4n) is 1.63. The topological polar surface area (TPSA) is 9.23 Å². The molecule has 72 valence electrons. The first-order valence-corrected chi connectivity index (χ1v) is 7.16. The van der Waals surface area contributed by atoms with Gasteiger partial charge in [0.1, 0.15) is 5.75 Å². The van der Waals surface area contributed by atoms with E-state index in [1.54, 1.807) is 0 Å². The smallest absolute Gasteiger partial charge is 0.107 e. The molecule has 0 aromatic rings. The highest BCUT2D eigenvalue weighted by atomic mass is 32.2. The fraction of sp³-hybridized carbons (Fsp3) is 1.00. The largest absolute Gasteiger partial charge is 0.378 e. The van der Waals surface area contributed by atoms with Crippen molar-refractivity contribution in [2.24, 2.45) is 0 Å². The molecule has 12 heavy (non-hydrogen) atoms. The molecule has 1 atom stereocenters. The van der Waals surface area contributed by atoms with Gasteiger partial charge in [0.15, 0.2) is 0 Å². The molecule has 0 amide bonds. The van der Waals surface area contributed by atoms with Crippen LogP contribution in [0.25, 0.3) is 0 Å². The molecule has 0 spiro atoms. The molecule has 0 saturated carbocycles. The van der Waals surface area contributed by atoms with Crippen LogP contribution in [0.1, 0.15) is 32.1 Å². The molecule has 1 unspecified atom stereocenters. The zero-order valence-electron chi connectivity index (χ0n) is 8.34. The van der Waals surface area contributed by atoms with Crippen molar-refractivity contribution in [1.82, 2.24) is 0 Å². The van der Waals surface area contributed by atoms with E-state index in [0.29, 0.717) is 17.0 Å². The summed E-state index contributed by atoms with van der Waals surface area (Å²) >= 11 is 0. The molecule has 0 bridgehead atoms. The Kier molecular flexibility index (Phi) is 5.08. The number of hydrogen-bond acceptors (Lipinski definition) is 1. The average Bonchev–Trinajstić information content (AvgIpc) is 2.49. The summed E-state index contributed by atoms with van der Waals surface area (Å²) in [5.41, 5.74) is 0. The Hall–Kier alpha value is 0.310. The predicted molar refractivity (Wildman–Crippen MR) is 56.9 cm³/mol. The molecule has 0 radical (unpaired) electrons. The summed E-state index contributed by atoms with van der Waals surface area (Å²) in [7, 11) is 0.641. The lowest BCUT2D eigenvalue weighted by Gasteiger charge is -2.07. The van der Waals surface area contributed by atoms with Gasteiger partial charge in [-0.25, -0.2) is 0 Å². The van der Waals surface area contributed by atoms with Crippen molar-refractivity contribution in [3.63, 3.8) is 0 Å². The summed E-state index contributed by atoms with van der Waals surface area (Å²) in [4.78, 5) is 0. The van der Waals surface area contributed by atoms with E-state index < -0.39 is 0 Å². The van der Waals surface area contributed by atoms with Gasteiger partial charge < -0.3 is 4.74 Å². The van der Waals surface area contributed by atoms with E-state index in [0.717, 1.165) is 6.61 Å². The maximum atomic E-state index is 5.56. The molecule has 0 aliphatic carbocycles. The van der Waals surface area contributed by atoms with E-state index in [1.807, 2.05) is 0 Å². The van der Waals surface area contributed by atoms with E-state index in [-0.39, 0.29) is 0 Å². The number of ether oxygens (including phenoxy) is 1.